The van der Waals surface area contributed by atoms with E-state index in [0.29, 0.717) is 23.1 Å². The number of fused-ring (bicyclic) bond motifs is 1. The van der Waals surface area contributed by atoms with Crippen LogP contribution in [0.15, 0.2) is 61.1 Å². The van der Waals surface area contributed by atoms with E-state index in [1.807, 2.05) is 30.3 Å². The van der Waals surface area contributed by atoms with Crippen molar-refractivity contribution >= 4 is 22.5 Å². The van der Waals surface area contributed by atoms with Gasteiger partial charge in [-0.3, -0.25) is 14.8 Å². The van der Waals surface area contributed by atoms with Gasteiger partial charge in [0.1, 0.15) is 11.5 Å². The zero-order chi connectivity index (χ0) is 24.2. The Hall–Kier alpha value is -3.71. The molecule has 2 N–H and O–H groups in total. The van der Waals surface area contributed by atoms with Gasteiger partial charge in [-0.15, -0.1) is 0 Å². The number of piperidine rings is 1. The molecular weight excluding hydrogens is 436 g/mol. The molecule has 1 aliphatic rings. The van der Waals surface area contributed by atoms with Crippen LogP contribution in [0.4, 0.5) is 5.82 Å². The van der Waals surface area contributed by atoms with Crippen LogP contribution in [0, 0.1) is 0 Å². The number of hydrogen-bond donors (Lipinski definition) is 2. The van der Waals surface area contributed by atoms with E-state index in [9.17, 15) is 4.79 Å². The Morgan fingerprint density at radius 3 is 2.71 bits per heavy atom. The van der Waals surface area contributed by atoms with Gasteiger partial charge in [0.15, 0.2) is 5.78 Å². The summed E-state index contributed by atoms with van der Waals surface area (Å²) in [4.78, 5) is 31.4. The highest BCUT2D eigenvalue weighted by Crippen LogP contribution is 2.26. The third-order valence-electron chi connectivity index (χ3n) is 6.32. The van der Waals surface area contributed by atoms with Crippen molar-refractivity contribution in [2.75, 3.05) is 18.4 Å². The maximum absolute atomic E-state index is 13.1. The summed E-state index contributed by atoms with van der Waals surface area (Å²) in [5, 5.41) is 7.59. The Morgan fingerprint density at radius 2 is 1.89 bits per heavy atom. The number of nitrogens with zero attached hydrogens (tertiary/aromatic N) is 4. The van der Waals surface area contributed by atoms with E-state index >= 15 is 0 Å². The molecule has 1 aromatic carbocycles. The number of benzene rings is 1. The van der Waals surface area contributed by atoms with Crippen molar-refractivity contribution in [2.45, 2.75) is 45.1 Å². The second-order valence-corrected chi connectivity index (χ2v) is 9.40. The fourth-order valence-electron chi connectivity index (χ4n) is 4.54. The standard InChI is InChI=1S/C28H30N6O/c1-18(2)32-28-17-30-16-26(34-28)24-7-6-22-15-31-23(13-25(22)33-24)14-27(35)21-5-3-4-20(12-21)19-8-10-29-11-9-19/h3-7,12-13,15-19,29H,8-11,14H2,1-2H3,(H,32,34). The van der Waals surface area contributed by atoms with Crippen molar-refractivity contribution < 1.29 is 4.79 Å². The van der Waals surface area contributed by atoms with Gasteiger partial charge in [0.2, 0.25) is 0 Å². The van der Waals surface area contributed by atoms with Gasteiger partial charge in [-0.05, 0) is 75.5 Å². The molecule has 0 radical (unpaired) electrons. The highest BCUT2D eigenvalue weighted by Gasteiger charge is 2.17. The van der Waals surface area contributed by atoms with E-state index < -0.39 is 0 Å². The normalized spacial score (nSPS) is 14.4. The topological polar surface area (TPSA) is 92.7 Å². The lowest BCUT2D eigenvalue weighted by atomic mass is 9.88. The molecule has 0 bridgehead atoms. The smallest absolute Gasteiger partial charge is 0.168 e. The highest BCUT2D eigenvalue weighted by molar-refractivity contribution is 5.97. The predicted octanol–water partition coefficient (Wildman–Crippen LogP) is 4.80. The summed E-state index contributed by atoms with van der Waals surface area (Å²) >= 11 is 0. The molecule has 0 unspecified atom stereocenters. The third-order valence-corrected chi connectivity index (χ3v) is 6.32. The van der Waals surface area contributed by atoms with E-state index in [0.717, 1.165) is 48.1 Å². The minimum Gasteiger partial charge on any atom is -0.367 e. The lowest BCUT2D eigenvalue weighted by Gasteiger charge is -2.23. The molecule has 1 fully saturated rings. The lowest BCUT2D eigenvalue weighted by Crippen LogP contribution is -2.26. The van der Waals surface area contributed by atoms with Gasteiger partial charge < -0.3 is 10.6 Å². The molecule has 4 heterocycles. The summed E-state index contributed by atoms with van der Waals surface area (Å²) < 4.78 is 0. The monoisotopic (exact) mass is 466 g/mol. The molecule has 0 amide bonds. The molecule has 3 aromatic heterocycles. The first-order chi connectivity index (χ1) is 17.0. The number of pyridine rings is 2. The number of Topliss-reactive ketones (excluding diaryl/α,β-unsaturated/α-hetero) is 1. The number of rotatable bonds is 7. The first-order valence-electron chi connectivity index (χ1n) is 12.2. The second kappa shape index (κ2) is 10.3. The first-order valence-corrected chi connectivity index (χ1v) is 12.2. The molecule has 1 saturated heterocycles. The molecule has 0 spiro atoms. The number of hydrogen-bond acceptors (Lipinski definition) is 7. The third kappa shape index (κ3) is 5.52. The molecule has 0 atom stereocenters. The van der Waals surface area contributed by atoms with Gasteiger partial charge in [0.25, 0.3) is 0 Å². The molecule has 0 saturated carbocycles. The lowest BCUT2D eigenvalue weighted by molar-refractivity contribution is 0.0992. The van der Waals surface area contributed by atoms with Gasteiger partial charge in [-0.1, -0.05) is 18.2 Å². The Balaban J connectivity index is 1.36. The first kappa shape index (κ1) is 23.1. The molecule has 5 rings (SSSR count). The Kier molecular flexibility index (Phi) is 6.77. The Bertz CT molecular complexity index is 1350. The molecule has 35 heavy (non-hydrogen) atoms. The number of ketones is 1. The summed E-state index contributed by atoms with van der Waals surface area (Å²) in [6.07, 6.45) is 7.66. The van der Waals surface area contributed by atoms with Crippen LogP contribution in [0.2, 0.25) is 0 Å². The van der Waals surface area contributed by atoms with Gasteiger partial charge in [-0.25, -0.2) is 9.97 Å². The summed E-state index contributed by atoms with van der Waals surface area (Å²) in [5.74, 6) is 1.30. The molecule has 1 aliphatic heterocycles. The number of aromatic nitrogens is 4. The fourth-order valence-corrected chi connectivity index (χ4v) is 4.54. The summed E-state index contributed by atoms with van der Waals surface area (Å²) in [6.45, 7) is 6.18. The second-order valence-electron chi connectivity index (χ2n) is 9.40. The van der Waals surface area contributed by atoms with Gasteiger partial charge >= 0.3 is 0 Å². The van der Waals surface area contributed by atoms with Crippen molar-refractivity contribution in [3.63, 3.8) is 0 Å². The summed E-state index contributed by atoms with van der Waals surface area (Å²) in [6, 6.07) is 14.2. The van der Waals surface area contributed by atoms with Gasteiger partial charge in [0, 0.05) is 23.2 Å². The average molecular weight is 467 g/mol. The number of anilines is 1. The van der Waals surface area contributed by atoms with Gasteiger partial charge in [-0.2, -0.15) is 0 Å². The van der Waals surface area contributed by atoms with E-state index in [4.69, 9.17) is 4.98 Å². The summed E-state index contributed by atoms with van der Waals surface area (Å²) in [7, 11) is 0. The maximum atomic E-state index is 13.1. The van der Waals surface area contributed by atoms with Crippen LogP contribution in [0.3, 0.4) is 0 Å². The van der Waals surface area contributed by atoms with Crippen molar-refractivity contribution in [1.82, 2.24) is 25.3 Å². The van der Waals surface area contributed by atoms with Crippen LogP contribution in [-0.4, -0.2) is 44.9 Å². The zero-order valence-corrected chi connectivity index (χ0v) is 20.2. The molecule has 7 heteroatoms. The van der Waals surface area contributed by atoms with E-state index in [1.165, 1.54) is 5.56 Å². The highest BCUT2D eigenvalue weighted by atomic mass is 16.1. The van der Waals surface area contributed by atoms with Crippen LogP contribution >= 0.6 is 0 Å². The van der Waals surface area contributed by atoms with Crippen molar-refractivity contribution in [1.29, 1.82) is 0 Å². The van der Waals surface area contributed by atoms with Gasteiger partial charge in [0.05, 0.1) is 35.7 Å². The fraction of sp³-hybridized carbons (Fsp3) is 0.321. The number of nitrogens with one attached hydrogen (secondary N) is 2. The average Bonchev–Trinajstić information content (AvgIpc) is 2.88. The minimum atomic E-state index is 0.0714. The quantitative estimate of drug-likeness (QED) is 0.378. The maximum Gasteiger partial charge on any atom is 0.168 e. The Morgan fingerprint density at radius 1 is 1.03 bits per heavy atom. The molecule has 4 aromatic rings. The number of carbonyl (C=O) groups excluding carboxylic acids is 1. The van der Waals surface area contributed by atoms with Crippen molar-refractivity contribution in [3.8, 4) is 11.4 Å². The molecule has 7 nitrogen and oxygen atoms in total. The SMILES string of the molecule is CC(C)Nc1cncc(-c2ccc3cnc(CC(=O)c4cccc(C5CCNCC5)c4)cc3n2)n1. The van der Waals surface area contributed by atoms with Crippen LogP contribution in [0.25, 0.3) is 22.3 Å². The summed E-state index contributed by atoms with van der Waals surface area (Å²) in [5.41, 5.74) is 4.92. The number of carbonyl (C=O) groups is 1. The predicted molar refractivity (Wildman–Crippen MR) is 139 cm³/mol. The van der Waals surface area contributed by atoms with Crippen LogP contribution in [0.1, 0.15) is 54.2 Å². The van der Waals surface area contributed by atoms with Crippen molar-refractivity contribution in [3.05, 3.63) is 77.9 Å². The largest absolute Gasteiger partial charge is 0.367 e. The molecular formula is C28H30N6O. The van der Waals surface area contributed by atoms with Crippen LogP contribution in [0.5, 0.6) is 0 Å². The van der Waals surface area contributed by atoms with E-state index in [-0.39, 0.29) is 18.2 Å². The van der Waals surface area contributed by atoms with Crippen LogP contribution in [-0.2, 0) is 6.42 Å². The van der Waals surface area contributed by atoms with E-state index in [1.54, 1.807) is 18.6 Å². The Labute approximate surface area is 205 Å². The van der Waals surface area contributed by atoms with Crippen molar-refractivity contribution in [2.24, 2.45) is 0 Å². The molecule has 0 aliphatic carbocycles. The molecule has 178 valence electrons. The zero-order valence-electron chi connectivity index (χ0n) is 20.2. The minimum absolute atomic E-state index is 0.0714. The van der Waals surface area contributed by atoms with Crippen LogP contribution < -0.4 is 10.6 Å². The van der Waals surface area contributed by atoms with E-state index in [2.05, 4.69) is 51.6 Å².